The average Bonchev–Trinajstić information content (AvgIpc) is 3.22. The summed E-state index contributed by atoms with van der Waals surface area (Å²) in [5.74, 6) is -0.189. The Morgan fingerprint density at radius 3 is 2.62 bits per heavy atom. The van der Waals surface area contributed by atoms with Crippen LogP contribution in [0.5, 0.6) is 5.75 Å². The van der Waals surface area contributed by atoms with Gasteiger partial charge < -0.3 is 15.4 Å². The minimum atomic E-state index is -1.13. The first kappa shape index (κ1) is 17.9. The average molecular weight is 373 g/mol. The number of urea groups is 1. The van der Waals surface area contributed by atoms with Crippen molar-refractivity contribution in [2.75, 3.05) is 18.5 Å². The number of thiophene rings is 1. The molecule has 3 rings (SSSR count). The smallest absolute Gasteiger partial charge is 0.325 e. The Kier molecular flexibility index (Phi) is 4.94. The number of ether oxygens (including phenoxy) is 1. The quantitative estimate of drug-likeness (QED) is 0.762. The molecule has 136 valence electrons. The molecule has 7 nitrogen and oxygen atoms in total. The first-order valence-corrected chi connectivity index (χ1v) is 9.03. The van der Waals surface area contributed by atoms with E-state index in [0.29, 0.717) is 18.0 Å². The highest BCUT2D eigenvalue weighted by Crippen LogP contribution is 2.31. The van der Waals surface area contributed by atoms with Crippen molar-refractivity contribution in [1.82, 2.24) is 10.2 Å². The second kappa shape index (κ2) is 7.17. The van der Waals surface area contributed by atoms with Crippen LogP contribution in [0.4, 0.5) is 10.5 Å². The van der Waals surface area contributed by atoms with Gasteiger partial charge >= 0.3 is 6.03 Å². The molecule has 0 spiro atoms. The summed E-state index contributed by atoms with van der Waals surface area (Å²) in [5.41, 5.74) is -0.573. The second-order valence-corrected chi connectivity index (χ2v) is 6.88. The molecule has 1 aliphatic rings. The molecule has 2 aromatic rings. The highest BCUT2D eigenvalue weighted by Gasteiger charge is 2.50. The number of benzene rings is 1. The lowest BCUT2D eigenvalue weighted by molar-refractivity contribution is -0.133. The van der Waals surface area contributed by atoms with Gasteiger partial charge in [-0.2, -0.15) is 0 Å². The van der Waals surface area contributed by atoms with Crippen molar-refractivity contribution in [1.29, 1.82) is 0 Å². The maximum absolute atomic E-state index is 12.7. The van der Waals surface area contributed by atoms with Gasteiger partial charge in [0.2, 0.25) is 5.91 Å². The van der Waals surface area contributed by atoms with E-state index in [4.69, 9.17) is 4.74 Å². The number of carbonyl (C=O) groups excluding carboxylic acids is 3. The summed E-state index contributed by atoms with van der Waals surface area (Å²) >= 11 is 1.38. The van der Waals surface area contributed by atoms with Gasteiger partial charge in [-0.1, -0.05) is 6.07 Å². The highest BCUT2D eigenvalue weighted by molar-refractivity contribution is 7.10. The molecule has 0 aliphatic carbocycles. The van der Waals surface area contributed by atoms with E-state index < -0.39 is 23.4 Å². The van der Waals surface area contributed by atoms with Crippen molar-refractivity contribution in [3.05, 3.63) is 46.7 Å². The van der Waals surface area contributed by atoms with Gasteiger partial charge in [-0.05, 0) is 49.6 Å². The largest absolute Gasteiger partial charge is 0.494 e. The van der Waals surface area contributed by atoms with Gasteiger partial charge in [-0.25, -0.2) is 4.79 Å². The monoisotopic (exact) mass is 373 g/mol. The number of carbonyl (C=O) groups is 3. The molecular weight excluding hydrogens is 354 g/mol. The summed E-state index contributed by atoms with van der Waals surface area (Å²) in [6.45, 7) is 3.74. The molecule has 26 heavy (non-hydrogen) atoms. The molecule has 2 heterocycles. The summed E-state index contributed by atoms with van der Waals surface area (Å²) in [6, 6.07) is 9.89. The Bertz CT molecular complexity index is 819. The van der Waals surface area contributed by atoms with Gasteiger partial charge in [0.1, 0.15) is 12.3 Å². The number of anilines is 1. The summed E-state index contributed by atoms with van der Waals surface area (Å²) in [7, 11) is 0. The van der Waals surface area contributed by atoms with Crippen LogP contribution in [0.15, 0.2) is 41.8 Å². The first-order chi connectivity index (χ1) is 12.4. The van der Waals surface area contributed by atoms with Gasteiger partial charge in [-0.15, -0.1) is 11.3 Å². The van der Waals surface area contributed by atoms with Gasteiger partial charge in [0.25, 0.3) is 5.91 Å². The minimum Gasteiger partial charge on any atom is -0.494 e. The molecule has 0 bridgehead atoms. The lowest BCUT2D eigenvalue weighted by Crippen LogP contribution is -2.41. The maximum atomic E-state index is 12.7. The molecule has 8 heteroatoms. The Balaban J connectivity index is 1.65. The molecular formula is C18H19N3O4S. The zero-order valence-electron chi connectivity index (χ0n) is 14.4. The van der Waals surface area contributed by atoms with Crippen LogP contribution in [0, 0.1) is 0 Å². The van der Waals surface area contributed by atoms with Crippen LogP contribution in [0.25, 0.3) is 0 Å². The summed E-state index contributed by atoms with van der Waals surface area (Å²) in [6.07, 6.45) is 0. The molecule has 0 unspecified atom stereocenters. The maximum Gasteiger partial charge on any atom is 0.325 e. The van der Waals surface area contributed by atoms with Crippen LogP contribution in [0.2, 0.25) is 0 Å². The topological polar surface area (TPSA) is 87.7 Å². The molecule has 0 saturated carbocycles. The fourth-order valence-electron chi connectivity index (χ4n) is 2.72. The van der Waals surface area contributed by atoms with Crippen LogP contribution in [-0.4, -0.2) is 35.9 Å². The Morgan fingerprint density at radius 1 is 1.27 bits per heavy atom. The van der Waals surface area contributed by atoms with Crippen LogP contribution in [0.1, 0.15) is 18.7 Å². The summed E-state index contributed by atoms with van der Waals surface area (Å²) < 4.78 is 5.34. The predicted octanol–water partition coefficient (Wildman–Crippen LogP) is 2.55. The molecule has 0 radical (unpaired) electrons. The van der Waals surface area contributed by atoms with E-state index in [1.807, 2.05) is 18.4 Å². The van der Waals surface area contributed by atoms with E-state index in [9.17, 15) is 14.4 Å². The van der Waals surface area contributed by atoms with Crippen molar-refractivity contribution in [2.45, 2.75) is 19.4 Å². The van der Waals surface area contributed by atoms with Gasteiger partial charge in [0.15, 0.2) is 5.54 Å². The van der Waals surface area contributed by atoms with E-state index in [-0.39, 0.29) is 6.54 Å². The molecule has 1 aromatic heterocycles. The fraction of sp³-hybridized carbons (Fsp3) is 0.278. The number of nitrogens with zero attached hydrogens (tertiary/aromatic N) is 1. The number of nitrogens with one attached hydrogen (secondary N) is 2. The van der Waals surface area contributed by atoms with Crippen molar-refractivity contribution < 1.29 is 19.1 Å². The van der Waals surface area contributed by atoms with E-state index in [1.54, 1.807) is 37.3 Å². The van der Waals surface area contributed by atoms with Crippen LogP contribution < -0.4 is 15.4 Å². The third-order valence-corrected chi connectivity index (χ3v) is 5.13. The van der Waals surface area contributed by atoms with Gasteiger partial charge in [0, 0.05) is 10.6 Å². The van der Waals surface area contributed by atoms with Crippen LogP contribution in [0.3, 0.4) is 0 Å². The molecule has 1 aromatic carbocycles. The highest BCUT2D eigenvalue weighted by atomic mass is 32.1. The normalized spacial score (nSPS) is 19.4. The third kappa shape index (κ3) is 3.41. The Morgan fingerprint density at radius 2 is 2.00 bits per heavy atom. The second-order valence-electron chi connectivity index (χ2n) is 5.93. The molecule has 4 amide bonds. The van der Waals surface area contributed by atoms with Crippen molar-refractivity contribution >= 4 is 34.9 Å². The Labute approximate surface area is 155 Å². The number of imide groups is 1. The SMILES string of the molecule is CCOc1ccc(NC(=O)CN2C(=O)N[C@](C)(c3cccs3)C2=O)cc1. The number of amides is 4. The molecule has 1 aliphatic heterocycles. The third-order valence-electron chi connectivity index (χ3n) is 4.04. The van der Waals surface area contributed by atoms with Crippen LogP contribution >= 0.6 is 11.3 Å². The van der Waals surface area contributed by atoms with E-state index in [1.165, 1.54) is 11.3 Å². The van der Waals surface area contributed by atoms with Gasteiger partial charge in [-0.3, -0.25) is 14.5 Å². The van der Waals surface area contributed by atoms with Crippen LogP contribution in [-0.2, 0) is 15.1 Å². The number of hydrogen-bond donors (Lipinski definition) is 2. The standard InChI is InChI=1S/C18H19N3O4S/c1-3-25-13-8-6-12(7-9-13)19-15(22)11-21-16(23)18(2,20-17(21)24)14-5-4-10-26-14/h4-10H,3,11H2,1-2H3,(H,19,22)(H,20,24)/t18-/m1/s1. The number of rotatable bonds is 6. The zero-order chi connectivity index (χ0) is 18.7. The lowest BCUT2D eigenvalue weighted by atomic mass is 10.0. The van der Waals surface area contributed by atoms with Gasteiger partial charge in [0.05, 0.1) is 6.61 Å². The van der Waals surface area contributed by atoms with E-state index in [2.05, 4.69) is 10.6 Å². The molecule has 1 fully saturated rings. The minimum absolute atomic E-state index is 0.348. The fourth-order valence-corrected chi connectivity index (χ4v) is 3.55. The Hall–Kier alpha value is -2.87. The lowest BCUT2D eigenvalue weighted by Gasteiger charge is -2.20. The predicted molar refractivity (Wildman–Crippen MR) is 98.2 cm³/mol. The van der Waals surface area contributed by atoms with E-state index in [0.717, 1.165) is 9.78 Å². The van der Waals surface area contributed by atoms with Crippen molar-refractivity contribution in [3.63, 3.8) is 0 Å². The van der Waals surface area contributed by atoms with Crippen molar-refractivity contribution in [2.24, 2.45) is 0 Å². The summed E-state index contributed by atoms with van der Waals surface area (Å²) in [5, 5.41) is 7.18. The first-order valence-electron chi connectivity index (χ1n) is 8.15. The van der Waals surface area contributed by atoms with E-state index >= 15 is 0 Å². The molecule has 1 atom stereocenters. The summed E-state index contributed by atoms with van der Waals surface area (Å²) in [4.78, 5) is 38.8. The molecule has 2 N–H and O–H groups in total. The van der Waals surface area contributed by atoms with Crippen molar-refractivity contribution in [3.8, 4) is 5.75 Å². The molecule has 1 saturated heterocycles. The number of hydrogen-bond acceptors (Lipinski definition) is 5. The zero-order valence-corrected chi connectivity index (χ0v) is 15.3.